The van der Waals surface area contributed by atoms with E-state index in [9.17, 15) is 14.4 Å². The second-order valence-electron chi connectivity index (χ2n) is 2.71. The van der Waals surface area contributed by atoms with Gasteiger partial charge in [-0.3, -0.25) is 14.4 Å². The molecule has 0 radical (unpaired) electrons. The van der Waals surface area contributed by atoms with Crippen molar-refractivity contribution in [3.63, 3.8) is 0 Å². The van der Waals surface area contributed by atoms with Gasteiger partial charge in [0.1, 0.15) is 6.54 Å². The van der Waals surface area contributed by atoms with E-state index in [0.29, 0.717) is 6.54 Å². The van der Waals surface area contributed by atoms with Gasteiger partial charge in [-0.2, -0.15) is 0 Å². The van der Waals surface area contributed by atoms with Crippen molar-refractivity contribution in [1.82, 2.24) is 10.2 Å². The molecular weight excluding hydrogens is 188 g/mol. The van der Waals surface area contributed by atoms with Gasteiger partial charge in [0.25, 0.3) is 0 Å². The van der Waals surface area contributed by atoms with Gasteiger partial charge in [-0.15, -0.1) is 0 Å². The van der Waals surface area contributed by atoms with Crippen molar-refractivity contribution in [2.75, 3.05) is 19.6 Å². The average molecular weight is 202 g/mol. The summed E-state index contributed by atoms with van der Waals surface area (Å²) in [7, 11) is 0. The van der Waals surface area contributed by atoms with Crippen molar-refractivity contribution < 1.29 is 19.5 Å². The third-order valence-electron chi connectivity index (χ3n) is 1.55. The Labute approximate surface area is 81.9 Å². The Hall–Kier alpha value is -1.59. The number of carboxylic acids is 1. The van der Waals surface area contributed by atoms with E-state index in [0.717, 1.165) is 4.90 Å². The molecule has 2 amide bonds. The lowest BCUT2D eigenvalue weighted by molar-refractivity contribution is -0.144. The van der Waals surface area contributed by atoms with Gasteiger partial charge < -0.3 is 15.3 Å². The Kier molecular flexibility index (Phi) is 5.28. The van der Waals surface area contributed by atoms with Crippen LogP contribution in [0.25, 0.3) is 0 Å². The fourth-order valence-electron chi connectivity index (χ4n) is 0.851. The molecule has 0 saturated heterocycles. The molecule has 0 saturated carbocycles. The smallest absolute Gasteiger partial charge is 0.323 e. The summed E-state index contributed by atoms with van der Waals surface area (Å²) in [5.74, 6) is -1.78. The fraction of sp³-hybridized carbons (Fsp3) is 0.625. The molecule has 0 aliphatic rings. The van der Waals surface area contributed by atoms with Gasteiger partial charge >= 0.3 is 5.97 Å². The molecule has 0 unspecified atom stereocenters. The Balaban J connectivity index is 4.04. The van der Waals surface area contributed by atoms with Crippen LogP contribution < -0.4 is 5.32 Å². The summed E-state index contributed by atoms with van der Waals surface area (Å²) in [4.78, 5) is 33.2. The SMILES string of the molecule is CCN(CC(=O)O)C(=O)CNC(C)=O. The van der Waals surface area contributed by atoms with Crippen LogP contribution in [-0.4, -0.2) is 47.4 Å². The monoisotopic (exact) mass is 202 g/mol. The van der Waals surface area contributed by atoms with Crippen LogP contribution in [0.15, 0.2) is 0 Å². The molecule has 6 nitrogen and oxygen atoms in total. The van der Waals surface area contributed by atoms with Crippen molar-refractivity contribution in [1.29, 1.82) is 0 Å². The Bertz CT molecular complexity index is 239. The number of hydrogen-bond acceptors (Lipinski definition) is 3. The topological polar surface area (TPSA) is 86.7 Å². The molecule has 2 N–H and O–H groups in total. The van der Waals surface area contributed by atoms with E-state index < -0.39 is 11.9 Å². The lowest BCUT2D eigenvalue weighted by Crippen LogP contribution is -2.41. The molecule has 0 aliphatic carbocycles. The summed E-state index contributed by atoms with van der Waals surface area (Å²) in [6, 6.07) is 0. The molecule has 0 aliphatic heterocycles. The molecule has 0 aromatic rings. The van der Waals surface area contributed by atoms with Crippen molar-refractivity contribution in [2.24, 2.45) is 0 Å². The third kappa shape index (κ3) is 5.13. The standard InChI is InChI=1S/C8H14N2O4/c1-3-10(5-8(13)14)7(12)4-9-6(2)11/h3-5H2,1-2H3,(H,9,11)(H,13,14). The number of aliphatic carboxylic acids is 1. The summed E-state index contributed by atoms with van der Waals surface area (Å²) in [5, 5.41) is 10.8. The van der Waals surface area contributed by atoms with Gasteiger partial charge in [-0.05, 0) is 6.92 Å². The average Bonchev–Trinajstić information content (AvgIpc) is 2.09. The highest BCUT2D eigenvalue weighted by Crippen LogP contribution is 1.88. The van der Waals surface area contributed by atoms with Crippen LogP contribution in [0.4, 0.5) is 0 Å². The molecule has 0 spiro atoms. The van der Waals surface area contributed by atoms with Crippen LogP contribution >= 0.6 is 0 Å². The number of carboxylic acid groups (broad SMARTS) is 1. The lowest BCUT2D eigenvalue weighted by Gasteiger charge is -2.18. The first-order valence-corrected chi connectivity index (χ1v) is 4.21. The predicted molar refractivity (Wildman–Crippen MR) is 48.6 cm³/mol. The zero-order valence-corrected chi connectivity index (χ0v) is 8.24. The summed E-state index contributed by atoms with van der Waals surface area (Å²) >= 11 is 0. The van der Waals surface area contributed by atoms with E-state index in [4.69, 9.17) is 5.11 Å². The predicted octanol–water partition coefficient (Wildman–Crippen LogP) is -0.944. The fourth-order valence-corrected chi connectivity index (χ4v) is 0.851. The quantitative estimate of drug-likeness (QED) is 0.602. The van der Waals surface area contributed by atoms with Crippen LogP contribution in [0, 0.1) is 0 Å². The number of likely N-dealkylation sites (N-methyl/N-ethyl adjacent to an activating group) is 1. The Morgan fingerprint density at radius 1 is 1.36 bits per heavy atom. The van der Waals surface area contributed by atoms with E-state index >= 15 is 0 Å². The number of nitrogens with one attached hydrogen (secondary N) is 1. The Morgan fingerprint density at radius 2 is 1.93 bits per heavy atom. The van der Waals surface area contributed by atoms with E-state index in [2.05, 4.69) is 5.32 Å². The van der Waals surface area contributed by atoms with Crippen molar-refractivity contribution in [3.05, 3.63) is 0 Å². The number of hydrogen-bond donors (Lipinski definition) is 2. The maximum absolute atomic E-state index is 11.3. The number of carbonyl (C=O) groups is 3. The first-order valence-electron chi connectivity index (χ1n) is 4.21. The number of carbonyl (C=O) groups excluding carboxylic acids is 2. The van der Waals surface area contributed by atoms with Crippen LogP contribution in [0.2, 0.25) is 0 Å². The van der Waals surface area contributed by atoms with Gasteiger partial charge in [-0.25, -0.2) is 0 Å². The number of amides is 2. The summed E-state index contributed by atoms with van der Waals surface area (Å²) < 4.78 is 0. The van der Waals surface area contributed by atoms with E-state index in [1.165, 1.54) is 6.92 Å². The summed E-state index contributed by atoms with van der Waals surface area (Å²) in [6.45, 7) is 2.78. The zero-order chi connectivity index (χ0) is 11.1. The van der Waals surface area contributed by atoms with Crippen molar-refractivity contribution in [3.8, 4) is 0 Å². The summed E-state index contributed by atoms with van der Waals surface area (Å²) in [5.41, 5.74) is 0. The molecule has 0 aromatic heterocycles. The molecule has 0 atom stereocenters. The van der Waals surface area contributed by atoms with Gasteiger partial charge in [0.05, 0.1) is 6.54 Å². The molecule has 0 bridgehead atoms. The minimum absolute atomic E-state index is 0.156. The van der Waals surface area contributed by atoms with Gasteiger partial charge in [0, 0.05) is 13.5 Å². The maximum Gasteiger partial charge on any atom is 0.323 e. The van der Waals surface area contributed by atoms with Crippen LogP contribution in [-0.2, 0) is 14.4 Å². The molecule has 0 heterocycles. The van der Waals surface area contributed by atoms with Crippen molar-refractivity contribution >= 4 is 17.8 Å². The van der Waals surface area contributed by atoms with Crippen LogP contribution in [0.3, 0.4) is 0 Å². The highest BCUT2D eigenvalue weighted by atomic mass is 16.4. The first-order chi connectivity index (χ1) is 6.47. The molecule has 0 fully saturated rings. The molecule has 0 rings (SSSR count). The minimum Gasteiger partial charge on any atom is -0.480 e. The van der Waals surface area contributed by atoms with Crippen LogP contribution in [0.5, 0.6) is 0 Å². The van der Waals surface area contributed by atoms with E-state index in [1.54, 1.807) is 6.92 Å². The lowest BCUT2D eigenvalue weighted by atomic mass is 10.4. The highest BCUT2D eigenvalue weighted by Gasteiger charge is 2.14. The normalized spacial score (nSPS) is 9.29. The van der Waals surface area contributed by atoms with Crippen LogP contribution in [0.1, 0.15) is 13.8 Å². The third-order valence-corrected chi connectivity index (χ3v) is 1.55. The molecule has 80 valence electrons. The highest BCUT2D eigenvalue weighted by molar-refractivity contribution is 5.86. The minimum atomic E-state index is -1.07. The number of nitrogens with zero attached hydrogens (tertiary/aromatic N) is 1. The van der Waals surface area contributed by atoms with Gasteiger partial charge in [0.15, 0.2) is 0 Å². The zero-order valence-electron chi connectivity index (χ0n) is 8.24. The first kappa shape index (κ1) is 12.4. The van der Waals surface area contributed by atoms with Gasteiger partial charge in [-0.1, -0.05) is 0 Å². The van der Waals surface area contributed by atoms with Gasteiger partial charge in [0.2, 0.25) is 11.8 Å². The second kappa shape index (κ2) is 5.95. The molecular formula is C8H14N2O4. The molecule has 0 aromatic carbocycles. The molecule has 14 heavy (non-hydrogen) atoms. The second-order valence-corrected chi connectivity index (χ2v) is 2.71. The maximum atomic E-state index is 11.3. The number of rotatable bonds is 5. The van der Waals surface area contributed by atoms with E-state index in [1.807, 2.05) is 0 Å². The van der Waals surface area contributed by atoms with E-state index in [-0.39, 0.29) is 19.0 Å². The molecule has 6 heteroatoms. The Morgan fingerprint density at radius 3 is 2.29 bits per heavy atom. The largest absolute Gasteiger partial charge is 0.480 e. The summed E-state index contributed by atoms with van der Waals surface area (Å²) in [6.07, 6.45) is 0. The van der Waals surface area contributed by atoms with Crippen molar-refractivity contribution in [2.45, 2.75) is 13.8 Å².